The summed E-state index contributed by atoms with van der Waals surface area (Å²) in [5.41, 5.74) is 2.66. The molecule has 0 radical (unpaired) electrons. The quantitative estimate of drug-likeness (QED) is 0.807. The van der Waals surface area contributed by atoms with Crippen LogP contribution in [0.5, 0.6) is 5.75 Å². The molecule has 0 saturated heterocycles. The third-order valence-electron chi connectivity index (χ3n) is 3.99. The molecule has 2 aromatic carbocycles. The zero-order valence-electron chi connectivity index (χ0n) is 11.5. The van der Waals surface area contributed by atoms with Gasteiger partial charge in [0.15, 0.2) is 0 Å². The van der Waals surface area contributed by atoms with Crippen LogP contribution in [-0.2, 0) is 11.2 Å². The summed E-state index contributed by atoms with van der Waals surface area (Å²) in [7, 11) is 0. The Labute approximate surface area is 123 Å². The molecule has 2 unspecified atom stereocenters. The summed E-state index contributed by atoms with van der Waals surface area (Å²) in [6.45, 7) is 0. The molecule has 0 spiro atoms. The maximum absolute atomic E-state index is 11.6. The second kappa shape index (κ2) is 5.58. The normalized spacial score (nSPS) is 18.2. The third kappa shape index (κ3) is 2.62. The Kier molecular flexibility index (Phi) is 3.62. The monoisotopic (exact) mass is 283 g/mol. The van der Waals surface area contributed by atoms with Crippen LogP contribution < -0.4 is 5.32 Å². The van der Waals surface area contributed by atoms with Crippen LogP contribution in [0, 0.1) is 0 Å². The summed E-state index contributed by atoms with van der Waals surface area (Å²) in [6, 6.07) is 13.8. The molecule has 0 aromatic heterocycles. The molecular formula is C17H17NO3. The largest absolute Gasteiger partial charge is 0.508 e. The average Bonchev–Trinajstić information content (AvgIpc) is 2.90. The minimum Gasteiger partial charge on any atom is -0.508 e. The van der Waals surface area contributed by atoms with E-state index >= 15 is 0 Å². The fourth-order valence-corrected chi connectivity index (χ4v) is 2.96. The topological polar surface area (TPSA) is 69.6 Å². The first-order valence-electron chi connectivity index (χ1n) is 7.01. The smallest absolute Gasteiger partial charge is 0.325 e. The van der Waals surface area contributed by atoms with Gasteiger partial charge in [-0.15, -0.1) is 0 Å². The highest BCUT2D eigenvalue weighted by molar-refractivity contribution is 5.75. The maximum Gasteiger partial charge on any atom is 0.325 e. The number of aliphatic carboxylic acids is 1. The molecule has 0 aliphatic heterocycles. The number of aromatic hydroxyl groups is 1. The minimum absolute atomic E-state index is 0.0478. The number of fused-ring (bicyclic) bond motifs is 1. The first kappa shape index (κ1) is 13.6. The Morgan fingerprint density at radius 2 is 1.90 bits per heavy atom. The molecule has 0 saturated carbocycles. The number of carboxylic acids is 1. The van der Waals surface area contributed by atoms with Gasteiger partial charge in [0.1, 0.15) is 11.8 Å². The Morgan fingerprint density at radius 3 is 2.62 bits per heavy atom. The van der Waals surface area contributed by atoms with Crippen molar-refractivity contribution in [2.24, 2.45) is 0 Å². The van der Waals surface area contributed by atoms with Crippen molar-refractivity contribution in [2.45, 2.75) is 24.9 Å². The van der Waals surface area contributed by atoms with Gasteiger partial charge in [-0.05, 0) is 35.6 Å². The number of rotatable bonds is 4. The molecule has 4 nitrogen and oxygen atoms in total. The van der Waals surface area contributed by atoms with Gasteiger partial charge < -0.3 is 10.2 Å². The number of phenols is 1. The predicted molar refractivity (Wildman–Crippen MR) is 79.1 cm³/mol. The van der Waals surface area contributed by atoms with Crippen LogP contribution in [0.25, 0.3) is 0 Å². The molecule has 2 aromatic rings. The van der Waals surface area contributed by atoms with Gasteiger partial charge in [-0.1, -0.05) is 42.5 Å². The average molecular weight is 283 g/mol. The van der Waals surface area contributed by atoms with Gasteiger partial charge in [0.2, 0.25) is 0 Å². The number of carbonyl (C=O) groups is 1. The van der Waals surface area contributed by atoms with E-state index in [0.29, 0.717) is 5.75 Å². The Morgan fingerprint density at radius 1 is 1.14 bits per heavy atom. The summed E-state index contributed by atoms with van der Waals surface area (Å²) in [6.07, 6.45) is 1.56. The van der Waals surface area contributed by atoms with Crippen LogP contribution >= 0.6 is 0 Å². The lowest BCUT2D eigenvalue weighted by Crippen LogP contribution is -2.31. The molecule has 0 amide bonds. The molecule has 1 aliphatic carbocycles. The van der Waals surface area contributed by atoms with E-state index in [1.165, 1.54) is 0 Å². The number of hydrogen-bond acceptors (Lipinski definition) is 3. The molecule has 0 fully saturated rings. The summed E-state index contributed by atoms with van der Waals surface area (Å²) >= 11 is 0. The second-order valence-electron chi connectivity index (χ2n) is 5.28. The highest BCUT2D eigenvalue weighted by Crippen LogP contribution is 2.37. The van der Waals surface area contributed by atoms with Gasteiger partial charge >= 0.3 is 5.97 Å². The first-order valence-corrected chi connectivity index (χ1v) is 7.01. The van der Waals surface area contributed by atoms with Crippen molar-refractivity contribution < 1.29 is 15.0 Å². The van der Waals surface area contributed by atoms with Crippen molar-refractivity contribution in [2.75, 3.05) is 0 Å². The Hall–Kier alpha value is -2.33. The lowest BCUT2D eigenvalue weighted by molar-refractivity contribution is -0.139. The Bertz CT molecular complexity index is 654. The molecule has 1 aliphatic rings. The lowest BCUT2D eigenvalue weighted by atomic mass is 10.0. The van der Waals surface area contributed by atoms with Crippen LogP contribution in [-0.4, -0.2) is 16.2 Å². The fraction of sp³-hybridized carbons (Fsp3) is 0.235. The van der Waals surface area contributed by atoms with E-state index in [2.05, 4.69) is 5.32 Å². The van der Waals surface area contributed by atoms with Gasteiger partial charge in [-0.2, -0.15) is 0 Å². The second-order valence-corrected chi connectivity index (χ2v) is 5.28. The summed E-state index contributed by atoms with van der Waals surface area (Å²) in [4.78, 5) is 11.6. The third-order valence-corrected chi connectivity index (χ3v) is 3.99. The highest BCUT2D eigenvalue weighted by atomic mass is 16.4. The van der Waals surface area contributed by atoms with E-state index in [1.807, 2.05) is 36.4 Å². The number of phenolic OH excluding ortho intramolecular Hbond substituents is 1. The molecule has 0 bridgehead atoms. The first-order chi connectivity index (χ1) is 10.2. The fourth-order valence-electron chi connectivity index (χ4n) is 2.96. The highest BCUT2D eigenvalue weighted by Gasteiger charge is 2.29. The zero-order valence-corrected chi connectivity index (χ0v) is 11.5. The summed E-state index contributed by atoms with van der Waals surface area (Å²) in [5, 5.41) is 22.5. The number of carboxylic acid groups (broad SMARTS) is 1. The van der Waals surface area contributed by atoms with E-state index in [9.17, 15) is 15.0 Å². The van der Waals surface area contributed by atoms with Crippen LogP contribution in [0.15, 0.2) is 48.5 Å². The van der Waals surface area contributed by atoms with Gasteiger partial charge in [-0.25, -0.2) is 0 Å². The van der Waals surface area contributed by atoms with Gasteiger partial charge in [-0.3, -0.25) is 10.1 Å². The van der Waals surface area contributed by atoms with Gasteiger partial charge in [0, 0.05) is 6.04 Å². The van der Waals surface area contributed by atoms with Crippen molar-refractivity contribution in [3.05, 3.63) is 65.2 Å². The Balaban J connectivity index is 1.87. The SMILES string of the molecule is O=C(O)C(NC1CCc2c(O)cccc21)c1ccccc1. The molecule has 21 heavy (non-hydrogen) atoms. The van der Waals surface area contributed by atoms with Crippen molar-refractivity contribution in [3.8, 4) is 5.75 Å². The lowest BCUT2D eigenvalue weighted by Gasteiger charge is -2.21. The number of hydrogen-bond donors (Lipinski definition) is 3. The van der Waals surface area contributed by atoms with E-state index < -0.39 is 12.0 Å². The van der Waals surface area contributed by atoms with Crippen LogP contribution in [0.2, 0.25) is 0 Å². The molecule has 3 N–H and O–H groups in total. The van der Waals surface area contributed by atoms with Crippen molar-refractivity contribution in [1.82, 2.24) is 5.32 Å². The predicted octanol–water partition coefficient (Wildman–Crippen LogP) is 2.80. The molecule has 3 rings (SSSR count). The number of benzene rings is 2. The molecule has 0 heterocycles. The van der Waals surface area contributed by atoms with Gasteiger partial charge in [0.25, 0.3) is 0 Å². The summed E-state index contributed by atoms with van der Waals surface area (Å²) < 4.78 is 0. The zero-order chi connectivity index (χ0) is 14.8. The molecular weight excluding hydrogens is 266 g/mol. The van der Waals surface area contributed by atoms with Crippen molar-refractivity contribution in [3.63, 3.8) is 0 Å². The van der Waals surface area contributed by atoms with Gasteiger partial charge in [0.05, 0.1) is 0 Å². The van der Waals surface area contributed by atoms with Crippen LogP contribution in [0.1, 0.15) is 35.2 Å². The molecule has 108 valence electrons. The van der Waals surface area contributed by atoms with E-state index in [0.717, 1.165) is 29.5 Å². The van der Waals surface area contributed by atoms with Crippen molar-refractivity contribution >= 4 is 5.97 Å². The van der Waals surface area contributed by atoms with Crippen LogP contribution in [0.4, 0.5) is 0 Å². The van der Waals surface area contributed by atoms with Crippen LogP contribution in [0.3, 0.4) is 0 Å². The molecule has 2 atom stereocenters. The maximum atomic E-state index is 11.6. The summed E-state index contributed by atoms with van der Waals surface area (Å²) in [5.74, 6) is -0.599. The standard InChI is InChI=1S/C17H17NO3/c19-15-8-4-7-12-13(15)9-10-14(12)18-16(17(20)21)11-5-2-1-3-6-11/h1-8,14,16,18-19H,9-10H2,(H,20,21). The van der Waals surface area contributed by atoms with Crippen molar-refractivity contribution in [1.29, 1.82) is 0 Å². The minimum atomic E-state index is -0.894. The molecule has 4 heteroatoms. The van der Waals surface area contributed by atoms with E-state index in [4.69, 9.17) is 0 Å². The number of nitrogens with one attached hydrogen (secondary N) is 1. The van der Waals surface area contributed by atoms with E-state index in [1.54, 1.807) is 12.1 Å². The van der Waals surface area contributed by atoms with E-state index in [-0.39, 0.29) is 6.04 Å².